The van der Waals surface area contributed by atoms with E-state index >= 15 is 0 Å². The average molecular weight is 356 g/mol. The summed E-state index contributed by atoms with van der Waals surface area (Å²) >= 11 is 0. The van der Waals surface area contributed by atoms with Crippen molar-refractivity contribution in [2.75, 3.05) is 18.4 Å². The van der Waals surface area contributed by atoms with E-state index in [0.29, 0.717) is 18.9 Å². The highest BCUT2D eigenvalue weighted by Gasteiger charge is 2.27. The van der Waals surface area contributed by atoms with Crippen LogP contribution in [0, 0.1) is 12.8 Å². The molecule has 3 rings (SSSR count). The van der Waals surface area contributed by atoms with Gasteiger partial charge in [0.25, 0.3) is 0 Å². The molecule has 1 amide bonds. The molecule has 1 fully saturated rings. The first-order chi connectivity index (χ1) is 12.3. The van der Waals surface area contributed by atoms with Gasteiger partial charge in [0.05, 0.1) is 18.7 Å². The lowest BCUT2D eigenvalue weighted by Crippen LogP contribution is -2.40. The largest absolute Gasteiger partial charge is 0.444 e. The molecule has 0 aliphatic carbocycles. The Labute approximate surface area is 155 Å². The fraction of sp³-hybridized carbons (Fsp3) is 0.550. The molecule has 1 atom stereocenters. The van der Waals surface area contributed by atoms with Gasteiger partial charge in [-0.2, -0.15) is 0 Å². The van der Waals surface area contributed by atoms with Crippen LogP contribution in [0.25, 0.3) is 0 Å². The number of anilines is 1. The molecule has 6 heteroatoms. The van der Waals surface area contributed by atoms with Crippen molar-refractivity contribution >= 4 is 11.7 Å². The van der Waals surface area contributed by atoms with Crippen molar-refractivity contribution < 1.29 is 9.21 Å². The van der Waals surface area contributed by atoms with Crippen molar-refractivity contribution in [2.45, 2.75) is 52.5 Å². The number of carbonyl (C=O) groups is 1. The van der Waals surface area contributed by atoms with Crippen molar-refractivity contribution in [3.05, 3.63) is 41.7 Å². The van der Waals surface area contributed by atoms with Gasteiger partial charge in [-0.05, 0) is 38.4 Å². The number of pyridine rings is 1. The maximum atomic E-state index is 12.6. The molecule has 0 radical (unpaired) electrons. The van der Waals surface area contributed by atoms with E-state index in [4.69, 9.17) is 4.42 Å². The maximum Gasteiger partial charge on any atom is 0.229 e. The van der Waals surface area contributed by atoms with E-state index in [0.717, 1.165) is 36.7 Å². The van der Waals surface area contributed by atoms with Crippen molar-refractivity contribution in [2.24, 2.45) is 5.92 Å². The number of aryl methyl sites for hydroxylation is 1. The molecule has 1 N–H and O–H groups in total. The van der Waals surface area contributed by atoms with E-state index < -0.39 is 0 Å². The van der Waals surface area contributed by atoms with Gasteiger partial charge in [0.15, 0.2) is 0 Å². The summed E-state index contributed by atoms with van der Waals surface area (Å²) < 4.78 is 5.89. The van der Waals surface area contributed by atoms with E-state index in [1.165, 1.54) is 0 Å². The molecule has 140 valence electrons. The van der Waals surface area contributed by atoms with Crippen LogP contribution < -0.4 is 5.32 Å². The predicted octanol–water partition coefficient (Wildman–Crippen LogP) is 3.53. The van der Waals surface area contributed by atoms with Crippen LogP contribution in [0.15, 0.2) is 28.8 Å². The monoisotopic (exact) mass is 356 g/mol. The first-order valence-corrected chi connectivity index (χ1v) is 9.23. The fourth-order valence-electron chi connectivity index (χ4n) is 3.18. The number of hydrogen-bond donors (Lipinski definition) is 1. The number of oxazole rings is 1. The topological polar surface area (TPSA) is 71.3 Å². The number of carbonyl (C=O) groups excluding carboxylic acids is 1. The predicted molar refractivity (Wildman–Crippen MR) is 101 cm³/mol. The number of rotatable bonds is 4. The Morgan fingerprint density at radius 2 is 2.19 bits per heavy atom. The Balaban J connectivity index is 1.58. The van der Waals surface area contributed by atoms with E-state index in [1.807, 2.05) is 31.3 Å². The second kappa shape index (κ2) is 7.58. The van der Waals surface area contributed by atoms with Crippen LogP contribution in [0.1, 0.15) is 51.0 Å². The lowest BCUT2D eigenvalue weighted by molar-refractivity contribution is -0.121. The molecule has 6 nitrogen and oxygen atoms in total. The van der Waals surface area contributed by atoms with Crippen molar-refractivity contribution in [1.82, 2.24) is 14.9 Å². The molecule has 1 saturated heterocycles. The molecule has 2 aromatic heterocycles. The Hall–Kier alpha value is -2.21. The van der Waals surface area contributed by atoms with Crippen molar-refractivity contribution in [1.29, 1.82) is 0 Å². The lowest BCUT2D eigenvalue weighted by atomic mass is 9.94. The molecule has 0 saturated carbocycles. The summed E-state index contributed by atoms with van der Waals surface area (Å²) in [7, 11) is 0. The Kier molecular flexibility index (Phi) is 5.41. The number of nitrogens with zero attached hydrogens (tertiary/aromatic N) is 3. The summed E-state index contributed by atoms with van der Waals surface area (Å²) in [5.74, 6) is 2.23. The second-order valence-corrected chi connectivity index (χ2v) is 8.10. The minimum absolute atomic E-state index is 0.0376. The summed E-state index contributed by atoms with van der Waals surface area (Å²) in [6, 6.07) is 5.65. The molecule has 1 aliphatic rings. The smallest absolute Gasteiger partial charge is 0.229 e. The Morgan fingerprint density at radius 1 is 1.38 bits per heavy atom. The van der Waals surface area contributed by atoms with Crippen LogP contribution >= 0.6 is 0 Å². The van der Waals surface area contributed by atoms with Gasteiger partial charge < -0.3 is 9.73 Å². The quantitative estimate of drug-likeness (QED) is 0.907. The minimum atomic E-state index is -0.0453. The normalized spacial score (nSPS) is 18.7. The van der Waals surface area contributed by atoms with E-state index in [2.05, 4.69) is 41.0 Å². The van der Waals surface area contributed by atoms with Gasteiger partial charge in [0.2, 0.25) is 11.8 Å². The van der Waals surface area contributed by atoms with Gasteiger partial charge in [-0.25, -0.2) is 9.97 Å². The maximum absolute atomic E-state index is 12.6. The zero-order chi connectivity index (χ0) is 18.7. The SMILES string of the molecule is Cc1cccc(NC(=O)C2CCCN(Cc3ncc(C(C)(C)C)o3)C2)n1. The molecule has 0 aromatic carbocycles. The molecule has 2 aromatic rings. The summed E-state index contributed by atoms with van der Waals surface area (Å²) in [5, 5.41) is 2.95. The number of amides is 1. The van der Waals surface area contributed by atoms with Gasteiger partial charge in [-0.3, -0.25) is 9.69 Å². The van der Waals surface area contributed by atoms with Crippen LogP contribution in [-0.2, 0) is 16.8 Å². The highest BCUT2D eigenvalue weighted by Crippen LogP contribution is 2.24. The molecular formula is C20H28N4O2. The summed E-state index contributed by atoms with van der Waals surface area (Å²) in [4.78, 5) is 23.6. The molecular weight excluding hydrogens is 328 g/mol. The van der Waals surface area contributed by atoms with Crippen LogP contribution in [0.2, 0.25) is 0 Å². The van der Waals surface area contributed by atoms with Crippen LogP contribution in [0.5, 0.6) is 0 Å². The van der Waals surface area contributed by atoms with Gasteiger partial charge in [-0.15, -0.1) is 0 Å². The number of likely N-dealkylation sites (tertiary alicyclic amines) is 1. The van der Waals surface area contributed by atoms with Crippen molar-refractivity contribution in [3.63, 3.8) is 0 Å². The molecule has 3 heterocycles. The molecule has 0 spiro atoms. The summed E-state index contributed by atoms with van der Waals surface area (Å²) in [6.07, 6.45) is 3.70. The lowest BCUT2D eigenvalue weighted by Gasteiger charge is -2.31. The van der Waals surface area contributed by atoms with Gasteiger partial charge in [0, 0.05) is 17.7 Å². The number of nitrogens with one attached hydrogen (secondary N) is 1. The molecule has 1 unspecified atom stereocenters. The van der Waals surface area contributed by atoms with Crippen LogP contribution in [0.3, 0.4) is 0 Å². The standard InChI is InChI=1S/C20H28N4O2/c1-14-7-5-9-17(22-14)23-19(25)15-8-6-10-24(12-15)13-18-21-11-16(26-18)20(2,3)4/h5,7,9,11,15H,6,8,10,12-13H2,1-4H3,(H,22,23,25). The van der Waals surface area contributed by atoms with E-state index in [9.17, 15) is 4.79 Å². The Bertz CT molecular complexity index is 763. The minimum Gasteiger partial charge on any atom is -0.444 e. The first-order valence-electron chi connectivity index (χ1n) is 9.23. The third-order valence-electron chi connectivity index (χ3n) is 4.67. The van der Waals surface area contributed by atoms with Gasteiger partial charge in [-0.1, -0.05) is 26.8 Å². The molecule has 1 aliphatic heterocycles. The summed E-state index contributed by atoms with van der Waals surface area (Å²) in [6.45, 7) is 10.6. The van der Waals surface area contributed by atoms with Crippen LogP contribution in [-0.4, -0.2) is 33.9 Å². The van der Waals surface area contributed by atoms with Gasteiger partial charge in [0.1, 0.15) is 11.6 Å². The Morgan fingerprint density at radius 3 is 2.88 bits per heavy atom. The van der Waals surface area contributed by atoms with E-state index in [1.54, 1.807) is 0 Å². The zero-order valence-corrected chi connectivity index (χ0v) is 16.1. The van der Waals surface area contributed by atoms with Crippen LogP contribution in [0.4, 0.5) is 5.82 Å². The molecule has 0 bridgehead atoms. The highest BCUT2D eigenvalue weighted by molar-refractivity contribution is 5.91. The van der Waals surface area contributed by atoms with E-state index in [-0.39, 0.29) is 17.2 Å². The number of piperidine rings is 1. The highest BCUT2D eigenvalue weighted by atomic mass is 16.4. The third-order valence-corrected chi connectivity index (χ3v) is 4.67. The number of hydrogen-bond acceptors (Lipinski definition) is 5. The number of aromatic nitrogens is 2. The fourth-order valence-corrected chi connectivity index (χ4v) is 3.18. The van der Waals surface area contributed by atoms with Gasteiger partial charge >= 0.3 is 0 Å². The first kappa shape index (κ1) is 18.6. The zero-order valence-electron chi connectivity index (χ0n) is 16.1. The third kappa shape index (κ3) is 4.69. The second-order valence-electron chi connectivity index (χ2n) is 8.10. The summed E-state index contributed by atoms with van der Waals surface area (Å²) in [5.41, 5.74) is 0.850. The average Bonchev–Trinajstić information content (AvgIpc) is 3.04. The van der Waals surface area contributed by atoms with Crippen molar-refractivity contribution in [3.8, 4) is 0 Å². The molecule has 26 heavy (non-hydrogen) atoms.